The second-order valence-corrected chi connectivity index (χ2v) is 18.5. The molecule has 7 aromatic carbocycles. The van der Waals surface area contributed by atoms with E-state index < -0.39 is 0 Å². The molecule has 0 radical (unpaired) electrons. The monoisotopic (exact) mass is 762 g/mol. The van der Waals surface area contributed by atoms with Crippen molar-refractivity contribution in [2.24, 2.45) is 0 Å². The Bertz CT molecular complexity index is 2910. The molecule has 0 fully saturated rings. The molecule has 2 nitrogen and oxygen atoms in total. The third kappa shape index (κ3) is 5.25. The van der Waals surface area contributed by atoms with Crippen LogP contribution in [0.2, 0.25) is 0 Å². The van der Waals surface area contributed by atoms with Crippen LogP contribution >= 0.6 is 0 Å². The molecule has 0 atom stereocenters. The molecule has 59 heavy (non-hydrogen) atoms. The first-order chi connectivity index (χ1) is 28.5. The number of anilines is 5. The Hall–Kier alpha value is -6.38. The molecule has 3 aliphatic carbocycles. The summed E-state index contributed by atoms with van der Waals surface area (Å²) in [5, 5.41) is 0. The molecule has 288 valence electrons. The van der Waals surface area contributed by atoms with Crippen molar-refractivity contribution in [2.75, 3.05) is 9.80 Å². The van der Waals surface area contributed by atoms with Crippen molar-refractivity contribution in [1.29, 1.82) is 0 Å². The van der Waals surface area contributed by atoms with Crippen LogP contribution in [0.5, 0.6) is 0 Å². The van der Waals surface area contributed by atoms with Gasteiger partial charge in [-0.05, 0) is 152 Å². The average Bonchev–Trinajstić information content (AvgIpc) is 3.62. The number of hydrogen-bond acceptors (Lipinski definition) is 2. The summed E-state index contributed by atoms with van der Waals surface area (Å²) >= 11 is 0. The van der Waals surface area contributed by atoms with E-state index in [1.165, 1.54) is 101 Å². The predicted octanol–water partition coefficient (Wildman–Crippen LogP) is 15.4. The zero-order chi connectivity index (χ0) is 40.3. The SMILES string of the molecule is CC1(C)c2cc(-c3ccc4c(c3)C(C)(C)c3cc5c(cc3-4)C(C)(C)c3ccccc3N5c3ccccc3)ccc2-c2ccc(N(C3=CCCC=C3)c3ccccc3)cc21. The van der Waals surface area contributed by atoms with E-state index in [0.717, 1.165) is 12.8 Å². The molecule has 4 aliphatic rings. The smallest absolute Gasteiger partial charge is 0.0506 e. The van der Waals surface area contributed by atoms with Gasteiger partial charge in [0.05, 0.1) is 11.4 Å². The quantitative estimate of drug-likeness (QED) is 0.172. The van der Waals surface area contributed by atoms with Crippen molar-refractivity contribution in [1.82, 2.24) is 0 Å². The fraction of sp³-hybridized carbons (Fsp3) is 0.193. The highest BCUT2D eigenvalue weighted by Crippen LogP contribution is 2.58. The fourth-order valence-electron chi connectivity index (χ4n) is 10.8. The van der Waals surface area contributed by atoms with Gasteiger partial charge in [0, 0.05) is 39.0 Å². The second-order valence-electron chi connectivity index (χ2n) is 18.5. The van der Waals surface area contributed by atoms with Gasteiger partial charge in [-0.3, -0.25) is 0 Å². The first kappa shape index (κ1) is 35.8. The molecular formula is C57H50N2. The van der Waals surface area contributed by atoms with E-state index in [1.807, 2.05) is 0 Å². The van der Waals surface area contributed by atoms with E-state index in [1.54, 1.807) is 0 Å². The summed E-state index contributed by atoms with van der Waals surface area (Å²) in [6.45, 7) is 14.4. The number of nitrogens with zero attached hydrogens (tertiary/aromatic N) is 2. The van der Waals surface area contributed by atoms with E-state index in [4.69, 9.17) is 0 Å². The number of allylic oxidation sites excluding steroid dienone is 3. The third-order valence-electron chi connectivity index (χ3n) is 14.0. The van der Waals surface area contributed by atoms with Crippen LogP contribution in [0.15, 0.2) is 176 Å². The topological polar surface area (TPSA) is 6.48 Å². The summed E-state index contributed by atoms with van der Waals surface area (Å²) in [6.07, 6.45) is 9.10. The highest BCUT2D eigenvalue weighted by atomic mass is 15.2. The van der Waals surface area contributed by atoms with Crippen LogP contribution in [-0.4, -0.2) is 0 Å². The summed E-state index contributed by atoms with van der Waals surface area (Å²) in [7, 11) is 0. The van der Waals surface area contributed by atoms with Crippen molar-refractivity contribution < 1.29 is 0 Å². The van der Waals surface area contributed by atoms with E-state index in [0.29, 0.717) is 0 Å². The Balaban J connectivity index is 0.981. The summed E-state index contributed by atoms with van der Waals surface area (Å²) in [5.74, 6) is 0. The van der Waals surface area contributed by atoms with Gasteiger partial charge in [0.25, 0.3) is 0 Å². The Morgan fingerprint density at radius 3 is 1.64 bits per heavy atom. The van der Waals surface area contributed by atoms with Gasteiger partial charge in [-0.15, -0.1) is 0 Å². The standard InChI is InChI=1S/C57H50N2/c1-55(2)47-24-16-17-25-53(47)59(41-22-14-9-15-23-41)54-36-51-46(35-52(54)55)45-30-27-38(33-49(45)57(51,5)6)37-26-29-43-44-31-28-42(34-50(44)56(3,4)48(43)32-37)58(39-18-10-7-11-19-39)40-20-12-8-13-21-40/h7,9-12,14-36H,8,13H2,1-6H3. The largest absolute Gasteiger partial charge is 0.311 e. The van der Waals surface area contributed by atoms with Crippen LogP contribution in [0.3, 0.4) is 0 Å². The van der Waals surface area contributed by atoms with Crippen LogP contribution in [0.1, 0.15) is 87.8 Å². The van der Waals surface area contributed by atoms with Crippen LogP contribution in [0, 0.1) is 0 Å². The zero-order valence-electron chi connectivity index (χ0n) is 35.0. The van der Waals surface area contributed by atoms with Gasteiger partial charge >= 0.3 is 0 Å². The number of fused-ring (bicyclic) bond motifs is 8. The van der Waals surface area contributed by atoms with Crippen LogP contribution < -0.4 is 9.80 Å². The van der Waals surface area contributed by atoms with Gasteiger partial charge in [0.15, 0.2) is 0 Å². The lowest BCUT2D eigenvalue weighted by Crippen LogP contribution is -2.31. The highest BCUT2D eigenvalue weighted by molar-refractivity contribution is 5.93. The van der Waals surface area contributed by atoms with Gasteiger partial charge in [0.1, 0.15) is 0 Å². The van der Waals surface area contributed by atoms with Crippen molar-refractivity contribution in [3.05, 3.63) is 209 Å². The summed E-state index contributed by atoms with van der Waals surface area (Å²) in [4.78, 5) is 4.90. The summed E-state index contributed by atoms with van der Waals surface area (Å²) < 4.78 is 0. The van der Waals surface area contributed by atoms with E-state index in [9.17, 15) is 0 Å². The third-order valence-corrected chi connectivity index (χ3v) is 14.0. The summed E-state index contributed by atoms with van der Waals surface area (Å²) in [6, 6.07) is 57.2. The molecule has 0 saturated heterocycles. The van der Waals surface area contributed by atoms with Crippen molar-refractivity contribution in [2.45, 2.75) is 70.6 Å². The molecule has 1 aliphatic heterocycles. The van der Waals surface area contributed by atoms with Gasteiger partial charge in [-0.25, -0.2) is 0 Å². The molecule has 0 aromatic heterocycles. The van der Waals surface area contributed by atoms with Gasteiger partial charge in [0.2, 0.25) is 0 Å². The number of rotatable bonds is 5. The predicted molar refractivity (Wildman–Crippen MR) is 249 cm³/mol. The molecule has 2 heteroatoms. The Morgan fingerprint density at radius 1 is 0.424 bits per heavy atom. The van der Waals surface area contributed by atoms with Gasteiger partial charge in [-0.2, -0.15) is 0 Å². The molecule has 7 aromatic rings. The molecule has 0 amide bonds. The molecule has 0 unspecified atom stereocenters. The molecule has 0 saturated carbocycles. The van der Waals surface area contributed by atoms with Crippen molar-refractivity contribution >= 4 is 28.4 Å². The minimum Gasteiger partial charge on any atom is -0.311 e. The number of benzene rings is 7. The van der Waals surface area contributed by atoms with E-state index >= 15 is 0 Å². The maximum Gasteiger partial charge on any atom is 0.0506 e. The zero-order valence-corrected chi connectivity index (χ0v) is 35.0. The van der Waals surface area contributed by atoms with E-state index in [2.05, 4.69) is 221 Å². The number of hydrogen-bond donors (Lipinski definition) is 0. The molecule has 1 heterocycles. The van der Waals surface area contributed by atoms with E-state index in [-0.39, 0.29) is 16.2 Å². The minimum atomic E-state index is -0.171. The normalized spacial score (nSPS) is 16.9. The van der Waals surface area contributed by atoms with Crippen molar-refractivity contribution in [3.8, 4) is 33.4 Å². The molecular weight excluding hydrogens is 713 g/mol. The fourth-order valence-corrected chi connectivity index (χ4v) is 10.8. The lowest BCUT2D eigenvalue weighted by Gasteiger charge is -2.42. The van der Waals surface area contributed by atoms with Crippen LogP contribution in [-0.2, 0) is 16.2 Å². The molecule has 11 rings (SSSR count). The maximum atomic E-state index is 2.52. The Labute approximate surface area is 349 Å². The molecule has 0 bridgehead atoms. The Morgan fingerprint density at radius 2 is 0.983 bits per heavy atom. The molecule has 0 N–H and O–H groups in total. The van der Waals surface area contributed by atoms with Gasteiger partial charge in [-0.1, -0.05) is 139 Å². The first-order valence-electron chi connectivity index (χ1n) is 21.3. The van der Waals surface area contributed by atoms with Crippen molar-refractivity contribution in [3.63, 3.8) is 0 Å². The van der Waals surface area contributed by atoms with Gasteiger partial charge < -0.3 is 9.80 Å². The summed E-state index contributed by atoms with van der Waals surface area (Å²) in [5.41, 5.74) is 23.1. The second kappa shape index (κ2) is 12.8. The average molecular weight is 763 g/mol. The first-order valence-corrected chi connectivity index (χ1v) is 21.3. The molecule has 0 spiro atoms. The Kier molecular flexibility index (Phi) is 7.76. The van der Waals surface area contributed by atoms with Crippen LogP contribution in [0.25, 0.3) is 33.4 Å². The number of para-hydroxylation sites is 3. The lowest BCUT2D eigenvalue weighted by molar-refractivity contribution is 0.627. The lowest BCUT2D eigenvalue weighted by atomic mass is 9.72. The highest BCUT2D eigenvalue weighted by Gasteiger charge is 2.43. The van der Waals surface area contributed by atoms with Crippen LogP contribution in [0.4, 0.5) is 28.4 Å². The minimum absolute atomic E-state index is 0.154. The maximum absolute atomic E-state index is 2.52.